The Labute approximate surface area is 46.1 Å². The van der Waals surface area contributed by atoms with E-state index in [1.165, 1.54) is 0 Å². The molecular weight excluding hydrogens is 178 g/mol. The molecule has 0 aliphatic rings. The molecule has 0 rings (SSSR count). The third kappa shape index (κ3) is 4.75. The van der Waals surface area contributed by atoms with Crippen molar-refractivity contribution in [2.45, 2.75) is 6.82 Å². The summed E-state index contributed by atoms with van der Waals surface area (Å²) in [5.74, 6) is 0. The van der Waals surface area contributed by atoms with Crippen molar-refractivity contribution in [1.82, 2.24) is 0 Å². The molecule has 30 valence electrons. The summed E-state index contributed by atoms with van der Waals surface area (Å²) in [6.07, 6.45) is 0. The molecule has 5 heavy (non-hydrogen) atoms. The molecule has 0 spiro atoms. The highest BCUT2D eigenvalue weighted by atomic mass is 127. The SMILES string of the molecule is COB(C)I. The highest BCUT2D eigenvalue weighted by molar-refractivity contribution is 14.1. The first kappa shape index (κ1) is 5.75. The lowest BCUT2D eigenvalue weighted by Crippen LogP contribution is -1.95. The van der Waals surface area contributed by atoms with Crippen molar-refractivity contribution in [3.63, 3.8) is 0 Å². The van der Waals surface area contributed by atoms with Crippen LogP contribution in [0.25, 0.3) is 0 Å². The molecule has 3 heteroatoms. The van der Waals surface area contributed by atoms with Gasteiger partial charge in [0.25, 0.3) is 0 Å². The third-order valence-electron chi connectivity index (χ3n) is 0.325. The summed E-state index contributed by atoms with van der Waals surface area (Å²) >= 11 is 2.18. The fraction of sp³-hybridized carbons (Fsp3) is 1.00. The van der Waals surface area contributed by atoms with E-state index in [2.05, 4.69) is 22.4 Å². The fourth-order valence-electron chi connectivity index (χ4n) is 0. The highest BCUT2D eigenvalue weighted by Crippen LogP contribution is 1.89. The van der Waals surface area contributed by atoms with Crippen molar-refractivity contribution in [3.05, 3.63) is 0 Å². The van der Waals surface area contributed by atoms with Crippen LogP contribution in [0.3, 0.4) is 0 Å². The molecule has 0 amide bonds. The standard InChI is InChI=1S/C2H6BIO/c1-3(4)5-2/h1-2H3. The van der Waals surface area contributed by atoms with E-state index in [4.69, 9.17) is 4.65 Å². The van der Waals surface area contributed by atoms with Crippen molar-refractivity contribution in [2.75, 3.05) is 7.11 Å². The molecule has 0 aromatic carbocycles. The number of rotatable bonds is 1. The van der Waals surface area contributed by atoms with E-state index in [9.17, 15) is 0 Å². The van der Waals surface area contributed by atoms with Crippen LogP contribution >= 0.6 is 22.4 Å². The first-order chi connectivity index (χ1) is 2.27. The Kier molecular flexibility index (Phi) is 3.41. The lowest BCUT2D eigenvalue weighted by molar-refractivity contribution is 0.444. The van der Waals surface area contributed by atoms with Gasteiger partial charge in [0.1, 0.15) is 0 Å². The second-order valence-electron chi connectivity index (χ2n) is 0.779. The van der Waals surface area contributed by atoms with Crippen LogP contribution in [-0.2, 0) is 4.65 Å². The predicted octanol–water partition coefficient (Wildman–Crippen LogP) is 1.19. The summed E-state index contributed by atoms with van der Waals surface area (Å²) in [6, 6.07) is 0. The maximum absolute atomic E-state index is 4.74. The summed E-state index contributed by atoms with van der Waals surface area (Å²) < 4.78 is 5.09. The Morgan fingerprint density at radius 2 is 2.00 bits per heavy atom. The molecule has 0 heterocycles. The van der Waals surface area contributed by atoms with Gasteiger partial charge in [-0.25, -0.2) is 0 Å². The molecule has 0 N–H and O–H groups in total. The van der Waals surface area contributed by atoms with Crippen molar-refractivity contribution >= 4 is 27.1 Å². The summed E-state index contributed by atoms with van der Waals surface area (Å²) in [7, 11) is 1.69. The minimum atomic E-state index is 0.354. The highest BCUT2D eigenvalue weighted by Gasteiger charge is 1.92. The molecule has 0 atom stereocenters. The van der Waals surface area contributed by atoms with Crippen molar-refractivity contribution < 1.29 is 4.65 Å². The van der Waals surface area contributed by atoms with Gasteiger partial charge in [0.2, 0.25) is 0 Å². The molecule has 0 bridgehead atoms. The van der Waals surface area contributed by atoms with Crippen molar-refractivity contribution in [3.8, 4) is 0 Å². The number of hydrogen-bond acceptors (Lipinski definition) is 1. The van der Waals surface area contributed by atoms with Crippen LogP contribution in [0, 0.1) is 0 Å². The normalized spacial score (nSPS) is 7.80. The zero-order valence-corrected chi connectivity index (χ0v) is 5.52. The summed E-state index contributed by atoms with van der Waals surface area (Å²) in [6.45, 7) is 1.99. The monoisotopic (exact) mass is 184 g/mol. The summed E-state index contributed by atoms with van der Waals surface area (Å²) in [4.78, 5) is 0. The topological polar surface area (TPSA) is 9.23 Å². The van der Waals surface area contributed by atoms with Gasteiger partial charge in [0.05, 0.1) is 0 Å². The van der Waals surface area contributed by atoms with Gasteiger partial charge in [0.15, 0.2) is 0 Å². The van der Waals surface area contributed by atoms with Crippen LogP contribution in [0.5, 0.6) is 0 Å². The molecule has 0 aromatic heterocycles. The van der Waals surface area contributed by atoms with Crippen LogP contribution < -0.4 is 0 Å². The second-order valence-corrected chi connectivity index (χ2v) is 2.53. The largest absolute Gasteiger partial charge is 0.429 e. The molecule has 0 fully saturated rings. The van der Waals surface area contributed by atoms with Crippen LogP contribution in [0.2, 0.25) is 6.82 Å². The molecule has 0 radical (unpaired) electrons. The van der Waals surface area contributed by atoms with Gasteiger partial charge in [-0.2, -0.15) is 0 Å². The van der Waals surface area contributed by atoms with E-state index >= 15 is 0 Å². The predicted molar refractivity (Wildman–Crippen MR) is 32.6 cm³/mol. The first-order valence-electron chi connectivity index (χ1n) is 1.44. The van der Waals surface area contributed by atoms with E-state index < -0.39 is 0 Å². The molecule has 0 unspecified atom stereocenters. The van der Waals surface area contributed by atoms with E-state index in [1.807, 2.05) is 6.82 Å². The zero-order chi connectivity index (χ0) is 4.28. The second kappa shape index (κ2) is 2.97. The van der Waals surface area contributed by atoms with Gasteiger partial charge in [-0.1, -0.05) is 0 Å². The molecule has 0 saturated heterocycles. The van der Waals surface area contributed by atoms with Crippen LogP contribution in [0.15, 0.2) is 0 Å². The third-order valence-corrected chi connectivity index (χ3v) is 0.833. The summed E-state index contributed by atoms with van der Waals surface area (Å²) in [5, 5.41) is 0. The van der Waals surface area contributed by atoms with Crippen molar-refractivity contribution in [1.29, 1.82) is 0 Å². The van der Waals surface area contributed by atoms with Crippen LogP contribution in [0.4, 0.5) is 0 Å². The fourth-order valence-corrected chi connectivity index (χ4v) is 0. The Hall–Kier alpha value is 0.755. The van der Waals surface area contributed by atoms with Crippen molar-refractivity contribution in [2.24, 2.45) is 0 Å². The van der Waals surface area contributed by atoms with Gasteiger partial charge < -0.3 is 4.65 Å². The Balaban J connectivity index is 2.54. The quantitative estimate of drug-likeness (QED) is 0.439. The minimum absolute atomic E-state index is 0.354. The summed E-state index contributed by atoms with van der Waals surface area (Å²) in [5.41, 5.74) is 0. The molecule has 1 nitrogen and oxygen atoms in total. The molecule has 0 aromatic rings. The number of hydrogen-bond donors (Lipinski definition) is 0. The molecule has 0 aliphatic carbocycles. The van der Waals surface area contributed by atoms with E-state index in [0.717, 1.165) is 0 Å². The van der Waals surface area contributed by atoms with Gasteiger partial charge in [-0.05, 0) is 6.82 Å². The van der Waals surface area contributed by atoms with E-state index in [-0.39, 0.29) is 0 Å². The smallest absolute Gasteiger partial charge is 0.361 e. The molecule has 0 aliphatic heterocycles. The Morgan fingerprint density at radius 3 is 2.00 bits per heavy atom. The van der Waals surface area contributed by atoms with Crippen LogP contribution in [0.1, 0.15) is 0 Å². The van der Waals surface area contributed by atoms with Gasteiger partial charge in [0, 0.05) is 7.11 Å². The number of halogens is 1. The van der Waals surface area contributed by atoms with Gasteiger partial charge >= 0.3 is 4.77 Å². The maximum atomic E-state index is 4.74. The average molecular weight is 184 g/mol. The zero-order valence-electron chi connectivity index (χ0n) is 3.36. The molecule has 0 saturated carbocycles. The lowest BCUT2D eigenvalue weighted by Gasteiger charge is -1.86. The lowest BCUT2D eigenvalue weighted by atomic mass is 10.1. The Bertz CT molecular complexity index is 23.6. The minimum Gasteiger partial charge on any atom is -0.429 e. The molecular formula is C2H6BIO. The van der Waals surface area contributed by atoms with Crippen LogP contribution in [-0.4, -0.2) is 11.9 Å². The van der Waals surface area contributed by atoms with Gasteiger partial charge in [-0.3, -0.25) is 0 Å². The van der Waals surface area contributed by atoms with E-state index in [0.29, 0.717) is 4.77 Å². The Morgan fingerprint density at radius 1 is 1.80 bits per heavy atom. The average Bonchev–Trinajstić information content (AvgIpc) is 1.38. The van der Waals surface area contributed by atoms with Gasteiger partial charge in [-0.15, -0.1) is 22.4 Å². The first-order valence-corrected chi connectivity index (χ1v) is 2.69. The van der Waals surface area contributed by atoms with E-state index in [1.54, 1.807) is 7.11 Å². The maximum Gasteiger partial charge on any atom is 0.361 e.